The minimum atomic E-state index is 0.0249. The lowest BCUT2D eigenvalue weighted by Gasteiger charge is -2.24. The van der Waals surface area contributed by atoms with Crippen LogP contribution in [0, 0.1) is 5.92 Å². The summed E-state index contributed by atoms with van der Waals surface area (Å²) in [5.41, 5.74) is 1.77. The van der Waals surface area contributed by atoms with Gasteiger partial charge in [0, 0.05) is 32.2 Å². The molecule has 1 aliphatic rings. The van der Waals surface area contributed by atoms with Crippen molar-refractivity contribution in [2.45, 2.75) is 33.2 Å². The summed E-state index contributed by atoms with van der Waals surface area (Å²) in [5.74, 6) is 0.127. The maximum Gasteiger partial charge on any atom is 0.228 e. The van der Waals surface area contributed by atoms with E-state index in [2.05, 4.69) is 10.6 Å². The molecule has 120 valence electrons. The standard InChI is InChI=1S/C17H25N3O2/c1-3-20(13(2)21)12-15-7-4-5-9-16(15)19-17(22)14-8-6-10-18-11-14/h4-5,7,9,14,18H,3,6,8,10-12H2,1-2H3,(H,19,22)/t14-/m0/s1. The third-order valence-corrected chi connectivity index (χ3v) is 4.13. The lowest BCUT2D eigenvalue weighted by Crippen LogP contribution is -2.37. The Balaban J connectivity index is 2.07. The second-order valence-corrected chi connectivity index (χ2v) is 5.72. The average Bonchev–Trinajstić information content (AvgIpc) is 2.54. The summed E-state index contributed by atoms with van der Waals surface area (Å²) in [6, 6.07) is 7.70. The third-order valence-electron chi connectivity index (χ3n) is 4.13. The van der Waals surface area contributed by atoms with Crippen molar-refractivity contribution in [2.24, 2.45) is 5.92 Å². The summed E-state index contributed by atoms with van der Waals surface area (Å²) in [6.45, 7) is 6.43. The van der Waals surface area contributed by atoms with Crippen LogP contribution in [-0.2, 0) is 16.1 Å². The topological polar surface area (TPSA) is 61.4 Å². The molecule has 0 spiro atoms. The first-order valence-electron chi connectivity index (χ1n) is 7.96. The quantitative estimate of drug-likeness (QED) is 0.874. The number of anilines is 1. The van der Waals surface area contributed by atoms with Gasteiger partial charge in [0.25, 0.3) is 0 Å². The first kappa shape index (κ1) is 16.5. The summed E-state index contributed by atoms with van der Waals surface area (Å²) in [6.07, 6.45) is 1.96. The molecule has 5 heteroatoms. The van der Waals surface area contributed by atoms with E-state index in [1.54, 1.807) is 11.8 Å². The highest BCUT2D eigenvalue weighted by atomic mass is 16.2. The van der Waals surface area contributed by atoms with Gasteiger partial charge < -0.3 is 15.5 Å². The van der Waals surface area contributed by atoms with E-state index in [-0.39, 0.29) is 17.7 Å². The first-order valence-corrected chi connectivity index (χ1v) is 7.96. The summed E-state index contributed by atoms with van der Waals surface area (Å²) >= 11 is 0. The molecule has 1 aromatic rings. The zero-order valence-electron chi connectivity index (χ0n) is 13.4. The van der Waals surface area contributed by atoms with Gasteiger partial charge in [-0.1, -0.05) is 18.2 Å². The fourth-order valence-corrected chi connectivity index (χ4v) is 2.74. The minimum Gasteiger partial charge on any atom is -0.339 e. The molecule has 0 unspecified atom stereocenters. The van der Waals surface area contributed by atoms with Crippen molar-refractivity contribution in [3.63, 3.8) is 0 Å². The molecule has 1 heterocycles. The molecule has 0 aromatic heterocycles. The highest BCUT2D eigenvalue weighted by molar-refractivity contribution is 5.93. The number of benzene rings is 1. The van der Waals surface area contributed by atoms with Gasteiger partial charge in [0.2, 0.25) is 11.8 Å². The van der Waals surface area contributed by atoms with Gasteiger partial charge in [-0.15, -0.1) is 0 Å². The van der Waals surface area contributed by atoms with Gasteiger partial charge in [-0.05, 0) is 37.9 Å². The Kier molecular flexibility index (Phi) is 5.95. The largest absolute Gasteiger partial charge is 0.339 e. The molecular formula is C17H25N3O2. The molecule has 2 amide bonds. The molecule has 0 aliphatic carbocycles. The van der Waals surface area contributed by atoms with Gasteiger partial charge >= 0.3 is 0 Å². The van der Waals surface area contributed by atoms with E-state index in [0.29, 0.717) is 13.1 Å². The van der Waals surface area contributed by atoms with E-state index in [1.807, 2.05) is 31.2 Å². The second-order valence-electron chi connectivity index (χ2n) is 5.72. The molecule has 0 bridgehead atoms. The molecular weight excluding hydrogens is 278 g/mol. The van der Waals surface area contributed by atoms with Crippen LogP contribution >= 0.6 is 0 Å². The van der Waals surface area contributed by atoms with Crippen molar-refractivity contribution in [1.82, 2.24) is 10.2 Å². The maximum absolute atomic E-state index is 12.4. The Morgan fingerprint density at radius 1 is 1.36 bits per heavy atom. The van der Waals surface area contributed by atoms with Gasteiger partial charge in [0.05, 0.1) is 5.92 Å². The van der Waals surface area contributed by atoms with Crippen molar-refractivity contribution >= 4 is 17.5 Å². The van der Waals surface area contributed by atoms with Gasteiger partial charge in [-0.2, -0.15) is 0 Å². The SMILES string of the molecule is CCN(Cc1ccccc1NC(=O)[C@H]1CCCNC1)C(C)=O. The van der Waals surface area contributed by atoms with Crippen molar-refractivity contribution in [1.29, 1.82) is 0 Å². The minimum absolute atomic E-state index is 0.0249. The van der Waals surface area contributed by atoms with Gasteiger partial charge in [0.1, 0.15) is 0 Å². The number of carbonyl (C=O) groups excluding carboxylic acids is 2. The Hall–Kier alpha value is -1.88. The second kappa shape index (κ2) is 7.94. The Bertz CT molecular complexity index is 524. The zero-order chi connectivity index (χ0) is 15.9. The molecule has 2 rings (SSSR count). The molecule has 0 saturated carbocycles. The summed E-state index contributed by atoms with van der Waals surface area (Å²) in [4.78, 5) is 25.7. The molecule has 22 heavy (non-hydrogen) atoms. The van der Waals surface area contributed by atoms with E-state index in [4.69, 9.17) is 0 Å². The van der Waals surface area contributed by atoms with Crippen LogP contribution in [0.1, 0.15) is 32.3 Å². The Labute approximate surface area is 132 Å². The van der Waals surface area contributed by atoms with Crippen LogP contribution in [0.3, 0.4) is 0 Å². The monoisotopic (exact) mass is 303 g/mol. The van der Waals surface area contributed by atoms with Crippen LogP contribution in [0.25, 0.3) is 0 Å². The molecule has 1 aromatic carbocycles. The van der Waals surface area contributed by atoms with E-state index in [1.165, 1.54) is 0 Å². The van der Waals surface area contributed by atoms with Crippen molar-refractivity contribution in [3.8, 4) is 0 Å². The molecule has 1 fully saturated rings. The van der Waals surface area contributed by atoms with Gasteiger partial charge in [-0.25, -0.2) is 0 Å². The van der Waals surface area contributed by atoms with Gasteiger partial charge in [-0.3, -0.25) is 9.59 Å². The molecule has 0 radical (unpaired) electrons. The molecule has 2 N–H and O–H groups in total. The summed E-state index contributed by atoms with van der Waals surface area (Å²) < 4.78 is 0. The van der Waals surface area contributed by atoms with Crippen LogP contribution in [0.15, 0.2) is 24.3 Å². The number of hydrogen-bond acceptors (Lipinski definition) is 3. The number of carbonyl (C=O) groups is 2. The molecule has 1 saturated heterocycles. The number of rotatable bonds is 5. The summed E-state index contributed by atoms with van der Waals surface area (Å²) in [5, 5.41) is 6.29. The predicted molar refractivity (Wildman–Crippen MR) is 87.4 cm³/mol. The summed E-state index contributed by atoms with van der Waals surface area (Å²) in [7, 11) is 0. The number of nitrogens with one attached hydrogen (secondary N) is 2. The van der Waals surface area contributed by atoms with E-state index < -0.39 is 0 Å². The fourth-order valence-electron chi connectivity index (χ4n) is 2.74. The lowest BCUT2D eigenvalue weighted by atomic mass is 9.98. The Morgan fingerprint density at radius 3 is 2.77 bits per heavy atom. The van der Waals surface area contributed by atoms with Crippen molar-refractivity contribution in [3.05, 3.63) is 29.8 Å². The molecule has 5 nitrogen and oxygen atoms in total. The fraction of sp³-hybridized carbons (Fsp3) is 0.529. The van der Waals surface area contributed by atoms with Crippen LogP contribution in [0.5, 0.6) is 0 Å². The number of piperidine rings is 1. The molecule has 1 atom stereocenters. The smallest absolute Gasteiger partial charge is 0.228 e. The van der Waals surface area contributed by atoms with Crippen LogP contribution < -0.4 is 10.6 Å². The van der Waals surface area contributed by atoms with Crippen molar-refractivity contribution < 1.29 is 9.59 Å². The first-order chi connectivity index (χ1) is 10.6. The lowest BCUT2D eigenvalue weighted by molar-refractivity contribution is -0.129. The highest BCUT2D eigenvalue weighted by Gasteiger charge is 2.21. The van der Waals surface area contributed by atoms with E-state index >= 15 is 0 Å². The van der Waals surface area contributed by atoms with Crippen LogP contribution in [-0.4, -0.2) is 36.3 Å². The maximum atomic E-state index is 12.4. The Morgan fingerprint density at radius 2 is 2.14 bits per heavy atom. The van der Waals surface area contributed by atoms with Crippen LogP contribution in [0.2, 0.25) is 0 Å². The average molecular weight is 303 g/mol. The molecule has 1 aliphatic heterocycles. The van der Waals surface area contributed by atoms with Crippen molar-refractivity contribution in [2.75, 3.05) is 25.0 Å². The predicted octanol–water partition coefficient (Wildman–Crippen LogP) is 1.99. The van der Waals surface area contributed by atoms with E-state index in [0.717, 1.165) is 37.2 Å². The van der Waals surface area contributed by atoms with Crippen LogP contribution in [0.4, 0.5) is 5.69 Å². The zero-order valence-corrected chi connectivity index (χ0v) is 13.4. The number of nitrogens with zero attached hydrogens (tertiary/aromatic N) is 1. The third kappa shape index (κ3) is 4.31. The van der Waals surface area contributed by atoms with Gasteiger partial charge in [0.15, 0.2) is 0 Å². The highest BCUT2D eigenvalue weighted by Crippen LogP contribution is 2.20. The van der Waals surface area contributed by atoms with E-state index in [9.17, 15) is 9.59 Å². The number of hydrogen-bond donors (Lipinski definition) is 2. The number of amides is 2. The normalized spacial score (nSPS) is 17.8. The number of para-hydroxylation sites is 1.